The second kappa shape index (κ2) is 3.56. The molecule has 68 valence electrons. The fourth-order valence-corrected chi connectivity index (χ4v) is 1.82. The molecule has 0 saturated carbocycles. The molecular formula is C9H16ClN2+. The highest BCUT2D eigenvalue weighted by Crippen LogP contribution is 2.13. The summed E-state index contributed by atoms with van der Waals surface area (Å²) in [5.74, 6) is 0.470. The van der Waals surface area contributed by atoms with Gasteiger partial charge >= 0.3 is 0 Å². The molecule has 0 aromatic carbocycles. The number of halogens is 1. The average Bonchev–Trinajstić information content (AvgIpc) is 2.30. The van der Waals surface area contributed by atoms with Crippen LogP contribution in [0, 0.1) is 5.92 Å². The summed E-state index contributed by atoms with van der Waals surface area (Å²) in [5, 5.41) is 4.25. The van der Waals surface area contributed by atoms with E-state index in [9.17, 15) is 0 Å². The van der Waals surface area contributed by atoms with Crippen LogP contribution in [0.1, 0.15) is 27.7 Å². The molecule has 0 amide bonds. The third kappa shape index (κ3) is 1.69. The summed E-state index contributed by atoms with van der Waals surface area (Å²) in [5.41, 5.74) is 1.21. The SMILES string of the molecule is CC(C)C1=[N+](C(C)C)N=CC1Cl. The minimum absolute atomic E-state index is 0.00704. The van der Waals surface area contributed by atoms with Gasteiger partial charge in [0.2, 0.25) is 5.71 Å². The summed E-state index contributed by atoms with van der Waals surface area (Å²) in [6.07, 6.45) is 1.80. The summed E-state index contributed by atoms with van der Waals surface area (Å²) in [6.45, 7) is 8.53. The Balaban J connectivity index is 2.96. The van der Waals surface area contributed by atoms with E-state index >= 15 is 0 Å². The van der Waals surface area contributed by atoms with Crippen molar-refractivity contribution in [2.24, 2.45) is 11.0 Å². The fourth-order valence-electron chi connectivity index (χ4n) is 1.41. The maximum absolute atomic E-state index is 6.08. The molecule has 12 heavy (non-hydrogen) atoms. The summed E-state index contributed by atoms with van der Waals surface area (Å²) in [4.78, 5) is 0. The molecule has 0 aliphatic carbocycles. The van der Waals surface area contributed by atoms with Gasteiger partial charge in [-0.2, -0.15) is 0 Å². The molecule has 1 atom stereocenters. The molecule has 3 heteroatoms. The molecule has 1 aliphatic heterocycles. The van der Waals surface area contributed by atoms with Gasteiger partial charge in [-0.3, -0.25) is 0 Å². The zero-order valence-electron chi connectivity index (χ0n) is 8.08. The zero-order chi connectivity index (χ0) is 9.30. The summed E-state index contributed by atoms with van der Waals surface area (Å²) in [6, 6.07) is 0.405. The molecule has 1 heterocycles. The van der Waals surface area contributed by atoms with Gasteiger partial charge in [0.25, 0.3) is 0 Å². The van der Waals surface area contributed by atoms with Crippen molar-refractivity contribution in [1.29, 1.82) is 0 Å². The van der Waals surface area contributed by atoms with Crippen molar-refractivity contribution in [2.75, 3.05) is 0 Å². The van der Waals surface area contributed by atoms with Gasteiger partial charge in [0.15, 0.2) is 11.4 Å². The first-order valence-corrected chi connectivity index (χ1v) is 4.81. The average molecular weight is 188 g/mol. The van der Waals surface area contributed by atoms with Crippen LogP contribution in [0.3, 0.4) is 0 Å². The van der Waals surface area contributed by atoms with Gasteiger partial charge in [-0.1, -0.05) is 18.5 Å². The number of rotatable bonds is 2. The van der Waals surface area contributed by atoms with Crippen LogP contribution in [0.4, 0.5) is 0 Å². The van der Waals surface area contributed by atoms with Crippen LogP contribution in [0.15, 0.2) is 5.10 Å². The lowest BCUT2D eigenvalue weighted by molar-refractivity contribution is -0.563. The lowest BCUT2D eigenvalue weighted by atomic mass is 10.1. The normalized spacial score (nSPS) is 23.4. The van der Waals surface area contributed by atoms with Gasteiger partial charge in [-0.25, -0.2) is 0 Å². The number of nitrogens with zero attached hydrogens (tertiary/aromatic N) is 2. The molecule has 1 aliphatic rings. The van der Waals surface area contributed by atoms with Gasteiger partial charge in [0.1, 0.15) is 0 Å². The van der Waals surface area contributed by atoms with Crippen molar-refractivity contribution in [3.63, 3.8) is 0 Å². The second-order valence-electron chi connectivity index (χ2n) is 3.68. The molecule has 0 bridgehead atoms. The predicted octanol–water partition coefficient (Wildman–Crippen LogP) is 2.11. The van der Waals surface area contributed by atoms with E-state index in [0.29, 0.717) is 12.0 Å². The molecule has 2 nitrogen and oxygen atoms in total. The maximum atomic E-state index is 6.08. The number of alkyl halides is 1. The van der Waals surface area contributed by atoms with Crippen molar-refractivity contribution in [3.05, 3.63) is 0 Å². The van der Waals surface area contributed by atoms with Crippen molar-refractivity contribution in [1.82, 2.24) is 0 Å². The molecule has 0 fully saturated rings. The highest BCUT2D eigenvalue weighted by atomic mass is 35.5. The van der Waals surface area contributed by atoms with Gasteiger partial charge in [0, 0.05) is 5.92 Å². The molecule has 0 radical (unpaired) electrons. The minimum atomic E-state index is -0.00704. The Labute approximate surface area is 78.9 Å². The van der Waals surface area contributed by atoms with Crippen LogP contribution in [-0.4, -0.2) is 28.0 Å². The van der Waals surface area contributed by atoms with E-state index in [1.807, 2.05) is 4.68 Å². The predicted molar refractivity (Wildman–Crippen MR) is 53.4 cm³/mol. The van der Waals surface area contributed by atoms with E-state index in [1.54, 1.807) is 6.21 Å². The Hall–Kier alpha value is -0.370. The number of hydrogen-bond acceptors (Lipinski definition) is 1. The largest absolute Gasteiger partial charge is 0.211 e. The van der Waals surface area contributed by atoms with Gasteiger partial charge < -0.3 is 0 Å². The van der Waals surface area contributed by atoms with Gasteiger partial charge in [-0.15, -0.1) is 11.6 Å². The maximum Gasteiger partial charge on any atom is 0.211 e. The molecule has 0 spiro atoms. The molecule has 1 unspecified atom stereocenters. The van der Waals surface area contributed by atoms with Crippen LogP contribution in [0.2, 0.25) is 0 Å². The molecular weight excluding hydrogens is 172 g/mol. The van der Waals surface area contributed by atoms with E-state index < -0.39 is 0 Å². The molecule has 1 rings (SSSR count). The first kappa shape index (κ1) is 9.72. The quantitative estimate of drug-likeness (QED) is 0.465. The van der Waals surface area contributed by atoms with Crippen LogP contribution in [-0.2, 0) is 0 Å². The van der Waals surface area contributed by atoms with Crippen molar-refractivity contribution < 1.29 is 4.68 Å². The fraction of sp³-hybridized carbons (Fsp3) is 0.778. The Bertz CT molecular complexity index is 229. The summed E-state index contributed by atoms with van der Waals surface area (Å²) in [7, 11) is 0. The third-order valence-corrected chi connectivity index (χ3v) is 2.29. The minimum Gasteiger partial charge on any atom is -0.105 e. The molecule has 0 aromatic rings. The number of hydrazone groups is 1. The molecule has 0 saturated heterocycles. The first-order valence-electron chi connectivity index (χ1n) is 4.38. The third-order valence-electron chi connectivity index (χ3n) is 1.95. The van der Waals surface area contributed by atoms with Crippen molar-refractivity contribution >= 4 is 23.5 Å². The lowest BCUT2D eigenvalue weighted by Gasteiger charge is -2.06. The van der Waals surface area contributed by atoms with Crippen LogP contribution < -0.4 is 0 Å². The van der Waals surface area contributed by atoms with Crippen molar-refractivity contribution in [3.8, 4) is 0 Å². The first-order chi connectivity index (χ1) is 5.54. The Morgan fingerprint density at radius 1 is 1.42 bits per heavy atom. The van der Waals surface area contributed by atoms with E-state index in [4.69, 9.17) is 11.6 Å². The highest BCUT2D eigenvalue weighted by Gasteiger charge is 2.32. The molecule has 0 N–H and O–H groups in total. The topological polar surface area (TPSA) is 15.4 Å². The molecule has 0 aromatic heterocycles. The van der Waals surface area contributed by atoms with E-state index in [2.05, 4.69) is 32.8 Å². The van der Waals surface area contributed by atoms with Crippen LogP contribution in [0.5, 0.6) is 0 Å². The monoisotopic (exact) mass is 187 g/mol. The highest BCUT2D eigenvalue weighted by molar-refractivity contribution is 6.40. The zero-order valence-corrected chi connectivity index (χ0v) is 8.84. The Morgan fingerprint density at radius 2 is 2.00 bits per heavy atom. The summed E-state index contributed by atoms with van der Waals surface area (Å²) < 4.78 is 2.02. The van der Waals surface area contributed by atoms with Gasteiger partial charge in [0.05, 0.1) is 6.21 Å². The standard InChI is InChI=1S/C9H16ClN2/c1-6(2)9-8(10)5-11-12(9)7(3)4/h5-8H,1-4H3/q+1. The van der Waals surface area contributed by atoms with Crippen LogP contribution >= 0.6 is 11.6 Å². The Morgan fingerprint density at radius 3 is 2.33 bits per heavy atom. The van der Waals surface area contributed by atoms with Crippen LogP contribution in [0.25, 0.3) is 0 Å². The van der Waals surface area contributed by atoms with Gasteiger partial charge in [-0.05, 0) is 18.9 Å². The van der Waals surface area contributed by atoms with Crippen molar-refractivity contribution in [2.45, 2.75) is 39.1 Å². The lowest BCUT2D eigenvalue weighted by Crippen LogP contribution is -2.28. The smallest absolute Gasteiger partial charge is 0.105 e. The van der Waals surface area contributed by atoms with E-state index in [1.165, 1.54) is 5.71 Å². The second-order valence-corrected chi connectivity index (χ2v) is 4.15. The van der Waals surface area contributed by atoms with E-state index in [-0.39, 0.29) is 5.38 Å². The Kier molecular flexibility index (Phi) is 2.89. The number of hydrogen-bond donors (Lipinski definition) is 0. The van der Waals surface area contributed by atoms with E-state index in [0.717, 1.165) is 0 Å². The summed E-state index contributed by atoms with van der Waals surface area (Å²) >= 11 is 6.08.